The maximum Gasteiger partial charge on any atom is 0.0465 e. The first-order valence-corrected chi connectivity index (χ1v) is 6.25. The molecule has 0 heterocycles. The second-order valence-electron chi connectivity index (χ2n) is 5.77. The van der Waals surface area contributed by atoms with Crippen LogP contribution in [0.25, 0.3) is 0 Å². The summed E-state index contributed by atoms with van der Waals surface area (Å²) in [6, 6.07) is 0. The van der Waals surface area contributed by atoms with Gasteiger partial charge in [-0.25, -0.2) is 0 Å². The van der Waals surface area contributed by atoms with Gasteiger partial charge in [0.2, 0.25) is 0 Å². The lowest BCUT2D eigenvalue weighted by Gasteiger charge is -2.44. The molecule has 1 fully saturated rings. The Kier molecular flexibility index (Phi) is 4.60. The van der Waals surface area contributed by atoms with E-state index in [1.54, 1.807) is 7.11 Å². The molecule has 0 aromatic carbocycles. The first-order chi connectivity index (χ1) is 6.98. The topological polar surface area (TPSA) is 35.2 Å². The molecule has 15 heavy (non-hydrogen) atoms. The van der Waals surface area contributed by atoms with Crippen LogP contribution in [0.15, 0.2) is 0 Å². The van der Waals surface area contributed by atoms with E-state index in [0.29, 0.717) is 5.92 Å². The summed E-state index contributed by atoms with van der Waals surface area (Å²) in [6.07, 6.45) is 4.80. The lowest BCUT2D eigenvalue weighted by Crippen LogP contribution is -2.51. The summed E-state index contributed by atoms with van der Waals surface area (Å²) < 4.78 is 5.15. The quantitative estimate of drug-likeness (QED) is 0.779. The molecule has 0 aliphatic heterocycles. The van der Waals surface area contributed by atoms with Gasteiger partial charge in [-0.05, 0) is 43.4 Å². The maximum atomic E-state index is 6.57. The predicted octanol–water partition coefficient (Wildman–Crippen LogP) is 2.81. The molecule has 1 aliphatic carbocycles. The van der Waals surface area contributed by atoms with Crippen LogP contribution < -0.4 is 5.73 Å². The van der Waals surface area contributed by atoms with E-state index >= 15 is 0 Å². The molecule has 2 N–H and O–H groups in total. The Hall–Kier alpha value is -0.0800. The van der Waals surface area contributed by atoms with Crippen molar-refractivity contribution in [2.75, 3.05) is 13.7 Å². The van der Waals surface area contributed by atoms with Gasteiger partial charge in [0.25, 0.3) is 0 Å². The van der Waals surface area contributed by atoms with Crippen molar-refractivity contribution in [1.29, 1.82) is 0 Å². The summed E-state index contributed by atoms with van der Waals surface area (Å²) in [6.45, 7) is 7.78. The van der Waals surface area contributed by atoms with Crippen LogP contribution in [0.2, 0.25) is 0 Å². The Morgan fingerprint density at radius 2 is 1.87 bits per heavy atom. The van der Waals surface area contributed by atoms with Crippen LogP contribution in [-0.4, -0.2) is 19.3 Å². The third-order valence-electron chi connectivity index (χ3n) is 4.00. The SMILES string of the molecule is COCCC(C)C1(N)CC(C)CC(C)C1. The zero-order valence-electron chi connectivity index (χ0n) is 10.8. The van der Waals surface area contributed by atoms with E-state index in [9.17, 15) is 0 Å². The average Bonchev–Trinajstić information content (AvgIpc) is 2.11. The van der Waals surface area contributed by atoms with Gasteiger partial charge in [0.05, 0.1) is 0 Å². The molecule has 3 unspecified atom stereocenters. The van der Waals surface area contributed by atoms with Gasteiger partial charge in [0.1, 0.15) is 0 Å². The average molecular weight is 213 g/mol. The fourth-order valence-electron chi connectivity index (χ4n) is 3.22. The van der Waals surface area contributed by atoms with E-state index in [1.807, 2.05) is 0 Å². The van der Waals surface area contributed by atoms with Crippen LogP contribution in [0.3, 0.4) is 0 Å². The minimum atomic E-state index is 0.0512. The summed E-state index contributed by atoms with van der Waals surface area (Å²) in [5, 5.41) is 0. The third-order valence-corrected chi connectivity index (χ3v) is 4.00. The largest absolute Gasteiger partial charge is 0.385 e. The Morgan fingerprint density at radius 1 is 1.33 bits per heavy atom. The lowest BCUT2D eigenvalue weighted by atomic mass is 9.66. The molecule has 0 bridgehead atoms. The fraction of sp³-hybridized carbons (Fsp3) is 1.00. The van der Waals surface area contributed by atoms with Crippen molar-refractivity contribution in [2.45, 2.75) is 52.0 Å². The van der Waals surface area contributed by atoms with Gasteiger partial charge in [-0.2, -0.15) is 0 Å². The molecule has 1 aliphatic rings. The van der Waals surface area contributed by atoms with Crippen LogP contribution in [-0.2, 0) is 4.74 Å². The monoisotopic (exact) mass is 213 g/mol. The smallest absolute Gasteiger partial charge is 0.0465 e. The van der Waals surface area contributed by atoms with Gasteiger partial charge in [-0.15, -0.1) is 0 Å². The van der Waals surface area contributed by atoms with Gasteiger partial charge in [0.15, 0.2) is 0 Å². The standard InChI is InChI=1S/C13H27NO/c1-10-7-11(2)9-13(14,8-10)12(3)5-6-15-4/h10-12H,5-9,14H2,1-4H3. The first kappa shape index (κ1) is 13.0. The van der Waals surface area contributed by atoms with E-state index in [0.717, 1.165) is 24.9 Å². The van der Waals surface area contributed by atoms with Crippen molar-refractivity contribution < 1.29 is 4.74 Å². The van der Waals surface area contributed by atoms with Crippen LogP contribution in [0.1, 0.15) is 46.5 Å². The highest BCUT2D eigenvalue weighted by atomic mass is 16.5. The Bertz CT molecular complexity index is 183. The van der Waals surface area contributed by atoms with Gasteiger partial charge >= 0.3 is 0 Å². The van der Waals surface area contributed by atoms with E-state index in [1.165, 1.54) is 19.3 Å². The van der Waals surface area contributed by atoms with Crippen LogP contribution in [0.4, 0.5) is 0 Å². The Labute approximate surface area is 94.6 Å². The molecule has 0 amide bonds. The van der Waals surface area contributed by atoms with Crippen LogP contribution in [0, 0.1) is 17.8 Å². The van der Waals surface area contributed by atoms with Crippen molar-refractivity contribution in [2.24, 2.45) is 23.5 Å². The van der Waals surface area contributed by atoms with Gasteiger partial charge in [-0.3, -0.25) is 0 Å². The minimum Gasteiger partial charge on any atom is -0.385 e. The molecule has 0 radical (unpaired) electrons. The normalized spacial score (nSPS) is 39.0. The van der Waals surface area contributed by atoms with Gasteiger partial charge < -0.3 is 10.5 Å². The highest BCUT2D eigenvalue weighted by Crippen LogP contribution is 2.39. The van der Waals surface area contributed by atoms with Crippen molar-refractivity contribution >= 4 is 0 Å². The summed E-state index contributed by atoms with van der Waals surface area (Å²) in [5.41, 5.74) is 6.62. The molecule has 2 heteroatoms. The molecule has 1 rings (SSSR count). The number of rotatable bonds is 4. The Balaban J connectivity index is 2.55. The zero-order chi connectivity index (χ0) is 11.5. The van der Waals surface area contributed by atoms with Gasteiger partial charge in [0, 0.05) is 19.3 Å². The molecule has 3 atom stereocenters. The number of nitrogens with two attached hydrogens (primary N) is 1. The highest BCUT2D eigenvalue weighted by Gasteiger charge is 2.38. The maximum absolute atomic E-state index is 6.57. The number of ether oxygens (including phenoxy) is 1. The van der Waals surface area contributed by atoms with Crippen LogP contribution in [0.5, 0.6) is 0 Å². The van der Waals surface area contributed by atoms with Crippen LogP contribution >= 0.6 is 0 Å². The minimum absolute atomic E-state index is 0.0512. The van der Waals surface area contributed by atoms with Crippen molar-refractivity contribution in [3.8, 4) is 0 Å². The lowest BCUT2D eigenvalue weighted by molar-refractivity contribution is 0.0996. The summed E-state index contributed by atoms with van der Waals surface area (Å²) >= 11 is 0. The first-order valence-electron chi connectivity index (χ1n) is 6.25. The number of hydrogen-bond donors (Lipinski definition) is 1. The van der Waals surface area contributed by atoms with E-state index in [4.69, 9.17) is 10.5 Å². The molecule has 0 aromatic heterocycles. The molecular formula is C13H27NO. The molecule has 0 spiro atoms. The summed E-state index contributed by atoms with van der Waals surface area (Å²) in [5.74, 6) is 2.13. The zero-order valence-corrected chi connectivity index (χ0v) is 10.8. The molecule has 2 nitrogen and oxygen atoms in total. The fourth-order valence-corrected chi connectivity index (χ4v) is 3.22. The number of methoxy groups -OCH3 is 1. The molecule has 1 saturated carbocycles. The molecule has 90 valence electrons. The summed E-state index contributed by atoms with van der Waals surface area (Å²) in [7, 11) is 1.77. The highest BCUT2D eigenvalue weighted by molar-refractivity contribution is 4.95. The summed E-state index contributed by atoms with van der Waals surface area (Å²) in [4.78, 5) is 0. The van der Waals surface area contributed by atoms with E-state index in [-0.39, 0.29) is 5.54 Å². The van der Waals surface area contributed by atoms with E-state index < -0.39 is 0 Å². The van der Waals surface area contributed by atoms with E-state index in [2.05, 4.69) is 20.8 Å². The van der Waals surface area contributed by atoms with Gasteiger partial charge in [-0.1, -0.05) is 20.8 Å². The molecule has 0 aromatic rings. The number of hydrogen-bond acceptors (Lipinski definition) is 2. The molecular weight excluding hydrogens is 186 g/mol. The van der Waals surface area contributed by atoms with Crippen molar-refractivity contribution in [3.05, 3.63) is 0 Å². The second kappa shape index (κ2) is 5.31. The second-order valence-corrected chi connectivity index (χ2v) is 5.77. The predicted molar refractivity (Wildman–Crippen MR) is 64.8 cm³/mol. The molecule has 0 saturated heterocycles. The third kappa shape index (κ3) is 3.46. The Morgan fingerprint density at radius 3 is 2.33 bits per heavy atom. The van der Waals surface area contributed by atoms with Crippen molar-refractivity contribution in [1.82, 2.24) is 0 Å². The van der Waals surface area contributed by atoms with Crippen molar-refractivity contribution in [3.63, 3.8) is 0 Å².